The predicted molar refractivity (Wildman–Crippen MR) is 60.1 cm³/mol. The number of ether oxygens (including phenoxy) is 1. The summed E-state index contributed by atoms with van der Waals surface area (Å²) in [6.45, 7) is 1.74. The summed E-state index contributed by atoms with van der Waals surface area (Å²) in [5.74, 6) is 0.721. The van der Waals surface area contributed by atoms with Crippen molar-refractivity contribution in [2.45, 2.75) is 25.3 Å². The monoisotopic (exact) mass is 217 g/mol. The van der Waals surface area contributed by atoms with Gasteiger partial charge in [0.2, 0.25) is 0 Å². The molecule has 0 aromatic carbocycles. The largest absolute Gasteiger partial charge is 0.492 e. The molecular weight excluding hydrogens is 202 g/mol. The number of nitriles is 1. The van der Waals surface area contributed by atoms with Crippen molar-refractivity contribution in [2.75, 3.05) is 13.2 Å². The predicted octanol–water partition coefficient (Wildman–Crippen LogP) is 1.47. The molecule has 84 valence electrons. The van der Waals surface area contributed by atoms with Crippen molar-refractivity contribution in [3.05, 3.63) is 24.0 Å². The topological polar surface area (TPSA) is 57.9 Å². The van der Waals surface area contributed by atoms with Gasteiger partial charge in [-0.2, -0.15) is 5.26 Å². The summed E-state index contributed by atoms with van der Waals surface area (Å²) in [5, 5.41) is 12.1. The number of rotatable bonds is 3. The highest BCUT2D eigenvalue weighted by atomic mass is 16.5. The maximum atomic E-state index is 8.70. The fourth-order valence-corrected chi connectivity index (χ4v) is 1.83. The summed E-state index contributed by atoms with van der Waals surface area (Å²) in [6.07, 6.45) is 5.28. The second kappa shape index (κ2) is 5.47. The molecule has 1 N–H and O–H groups in total. The number of aromatic nitrogens is 1. The van der Waals surface area contributed by atoms with E-state index in [1.54, 1.807) is 18.3 Å². The summed E-state index contributed by atoms with van der Waals surface area (Å²) in [4.78, 5) is 3.90. The molecule has 1 atom stereocenters. The van der Waals surface area contributed by atoms with Crippen LogP contribution in [0.4, 0.5) is 0 Å². The maximum Gasteiger partial charge on any atom is 0.144 e. The first kappa shape index (κ1) is 10.9. The van der Waals surface area contributed by atoms with Crippen LogP contribution < -0.4 is 10.1 Å². The van der Waals surface area contributed by atoms with Crippen LogP contribution in [0.25, 0.3) is 0 Å². The van der Waals surface area contributed by atoms with Crippen LogP contribution in [0.15, 0.2) is 18.3 Å². The SMILES string of the molecule is N#Cc1cc(OCC2CCCCN2)ccn1. The standard InChI is InChI=1S/C12H15N3O/c13-8-11-7-12(4-6-15-11)16-9-10-3-1-2-5-14-10/h4,6-7,10,14H,1-3,5,9H2. The zero-order valence-electron chi connectivity index (χ0n) is 9.15. The number of piperidine rings is 1. The maximum absolute atomic E-state index is 8.70. The van der Waals surface area contributed by atoms with E-state index in [0.717, 1.165) is 18.7 Å². The number of hydrogen-bond acceptors (Lipinski definition) is 4. The van der Waals surface area contributed by atoms with Crippen LogP contribution in [0.5, 0.6) is 5.75 Å². The fourth-order valence-electron chi connectivity index (χ4n) is 1.83. The van der Waals surface area contributed by atoms with Crippen LogP contribution in [-0.2, 0) is 0 Å². The second-order valence-electron chi connectivity index (χ2n) is 3.95. The Morgan fingerprint density at radius 2 is 2.50 bits per heavy atom. The van der Waals surface area contributed by atoms with E-state index < -0.39 is 0 Å². The molecule has 0 spiro atoms. The molecule has 4 nitrogen and oxygen atoms in total. The van der Waals surface area contributed by atoms with E-state index in [0.29, 0.717) is 18.3 Å². The van der Waals surface area contributed by atoms with E-state index in [-0.39, 0.29) is 0 Å². The molecule has 16 heavy (non-hydrogen) atoms. The molecule has 1 aromatic rings. The van der Waals surface area contributed by atoms with Gasteiger partial charge in [-0.05, 0) is 25.5 Å². The Balaban J connectivity index is 1.86. The molecule has 1 unspecified atom stereocenters. The van der Waals surface area contributed by atoms with Gasteiger partial charge in [0, 0.05) is 18.3 Å². The Morgan fingerprint density at radius 3 is 3.25 bits per heavy atom. The second-order valence-corrected chi connectivity index (χ2v) is 3.95. The van der Waals surface area contributed by atoms with Gasteiger partial charge in [0.25, 0.3) is 0 Å². The van der Waals surface area contributed by atoms with Crippen LogP contribution in [0.2, 0.25) is 0 Å². The average Bonchev–Trinajstić information content (AvgIpc) is 2.38. The molecule has 0 aliphatic carbocycles. The molecule has 1 aliphatic heterocycles. The zero-order valence-corrected chi connectivity index (χ0v) is 9.15. The van der Waals surface area contributed by atoms with Gasteiger partial charge >= 0.3 is 0 Å². The summed E-state index contributed by atoms with van der Waals surface area (Å²) >= 11 is 0. The summed E-state index contributed by atoms with van der Waals surface area (Å²) in [5.41, 5.74) is 0.397. The molecule has 1 saturated heterocycles. The van der Waals surface area contributed by atoms with Crippen molar-refractivity contribution < 1.29 is 4.74 Å². The lowest BCUT2D eigenvalue weighted by atomic mass is 10.1. The lowest BCUT2D eigenvalue weighted by Crippen LogP contribution is -2.38. The van der Waals surface area contributed by atoms with E-state index in [1.165, 1.54) is 12.8 Å². The normalized spacial score (nSPS) is 20.1. The first-order chi connectivity index (χ1) is 7.88. The van der Waals surface area contributed by atoms with Crippen LogP contribution in [0, 0.1) is 11.3 Å². The van der Waals surface area contributed by atoms with Gasteiger partial charge in [-0.15, -0.1) is 0 Å². The molecule has 0 radical (unpaired) electrons. The van der Waals surface area contributed by atoms with E-state index >= 15 is 0 Å². The van der Waals surface area contributed by atoms with Crippen molar-refractivity contribution in [3.63, 3.8) is 0 Å². The molecule has 0 amide bonds. The van der Waals surface area contributed by atoms with Crippen molar-refractivity contribution >= 4 is 0 Å². The van der Waals surface area contributed by atoms with Crippen molar-refractivity contribution in [2.24, 2.45) is 0 Å². The smallest absolute Gasteiger partial charge is 0.144 e. The third-order valence-electron chi connectivity index (χ3n) is 2.71. The fraction of sp³-hybridized carbons (Fsp3) is 0.500. The zero-order chi connectivity index (χ0) is 11.2. The number of hydrogen-bond donors (Lipinski definition) is 1. The molecule has 2 heterocycles. The minimum Gasteiger partial charge on any atom is -0.492 e. The highest BCUT2D eigenvalue weighted by molar-refractivity contribution is 5.29. The lowest BCUT2D eigenvalue weighted by molar-refractivity contribution is 0.239. The minimum atomic E-state index is 0.397. The number of nitrogens with one attached hydrogen (secondary N) is 1. The van der Waals surface area contributed by atoms with Gasteiger partial charge in [-0.3, -0.25) is 0 Å². The molecule has 4 heteroatoms. The van der Waals surface area contributed by atoms with Gasteiger partial charge in [-0.1, -0.05) is 6.42 Å². The van der Waals surface area contributed by atoms with Crippen molar-refractivity contribution in [3.8, 4) is 11.8 Å². The first-order valence-corrected chi connectivity index (χ1v) is 5.61. The number of pyridine rings is 1. The van der Waals surface area contributed by atoms with Crippen LogP contribution in [0.1, 0.15) is 25.0 Å². The van der Waals surface area contributed by atoms with E-state index in [9.17, 15) is 0 Å². The summed E-state index contributed by atoms with van der Waals surface area (Å²) in [7, 11) is 0. The molecule has 1 aromatic heterocycles. The summed E-state index contributed by atoms with van der Waals surface area (Å²) < 4.78 is 5.63. The number of nitrogens with zero attached hydrogens (tertiary/aromatic N) is 2. The molecule has 1 fully saturated rings. The Labute approximate surface area is 95.3 Å². The van der Waals surface area contributed by atoms with E-state index in [2.05, 4.69) is 10.3 Å². The lowest BCUT2D eigenvalue weighted by Gasteiger charge is -2.23. The van der Waals surface area contributed by atoms with E-state index in [1.807, 2.05) is 6.07 Å². The molecule has 1 aliphatic rings. The van der Waals surface area contributed by atoms with Crippen LogP contribution in [-0.4, -0.2) is 24.2 Å². The van der Waals surface area contributed by atoms with Crippen molar-refractivity contribution in [1.82, 2.24) is 10.3 Å². The quantitative estimate of drug-likeness (QED) is 0.833. The van der Waals surface area contributed by atoms with E-state index in [4.69, 9.17) is 10.00 Å². The minimum absolute atomic E-state index is 0.397. The average molecular weight is 217 g/mol. The van der Waals surface area contributed by atoms with Gasteiger partial charge in [-0.25, -0.2) is 4.98 Å². The molecule has 0 bridgehead atoms. The van der Waals surface area contributed by atoms with Gasteiger partial charge in [0.1, 0.15) is 24.1 Å². The molecule has 0 saturated carbocycles. The van der Waals surface area contributed by atoms with Gasteiger partial charge < -0.3 is 10.1 Å². The van der Waals surface area contributed by atoms with Crippen molar-refractivity contribution in [1.29, 1.82) is 5.26 Å². The Kier molecular flexibility index (Phi) is 3.73. The Bertz CT molecular complexity index is 380. The third-order valence-corrected chi connectivity index (χ3v) is 2.71. The highest BCUT2D eigenvalue weighted by Crippen LogP contribution is 2.13. The molecule has 2 rings (SSSR count). The summed E-state index contributed by atoms with van der Waals surface area (Å²) in [6, 6.07) is 5.89. The Hall–Kier alpha value is -1.60. The van der Waals surface area contributed by atoms with Crippen LogP contribution >= 0.6 is 0 Å². The third kappa shape index (κ3) is 2.94. The van der Waals surface area contributed by atoms with Gasteiger partial charge in [0.05, 0.1) is 0 Å². The van der Waals surface area contributed by atoms with Gasteiger partial charge in [0.15, 0.2) is 0 Å². The molecular formula is C12H15N3O. The first-order valence-electron chi connectivity index (χ1n) is 5.61. The highest BCUT2D eigenvalue weighted by Gasteiger charge is 2.12. The van der Waals surface area contributed by atoms with Crippen LogP contribution in [0.3, 0.4) is 0 Å². The Morgan fingerprint density at radius 1 is 1.56 bits per heavy atom.